The van der Waals surface area contributed by atoms with Gasteiger partial charge < -0.3 is 4.52 Å². The topological polar surface area (TPSA) is 64.7 Å². The molecule has 0 aliphatic carbocycles. The Labute approximate surface area is 124 Å². The Morgan fingerprint density at radius 1 is 1.24 bits per heavy atom. The first-order chi connectivity index (χ1) is 10.0. The Balaban J connectivity index is 1.87. The van der Waals surface area contributed by atoms with Crippen molar-refractivity contribution in [2.75, 3.05) is 0 Å². The number of nitrogens with zero attached hydrogens (tertiary/aromatic N) is 4. The zero-order valence-corrected chi connectivity index (χ0v) is 11.7. The first-order valence-electron chi connectivity index (χ1n) is 5.48. The van der Waals surface area contributed by atoms with Crippen molar-refractivity contribution >= 4 is 23.1 Å². The smallest absolute Gasteiger partial charge is 0.329 e. The lowest BCUT2D eigenvalue weighted by atomic mass is 10.2. The fourth-order valence-electron chi connectivity index (χ4n) is 1.46. The standard InChI is InChI=1S/C11H5F3N4OS2/c12-11(13,14)9-16-8(18-19-9)6-2-1-3-7(4-6)21-10-17-15-5-20-10/h1-5H. The van der Waals surface area contributed by atoms with Crippen molar-refractivity contribution in [2.24, 2.45) is 0 Å². The number of rotatable bonds is 3. The zero-order valence-electron chi connectivity index (χ0n) is 10.0. The van der Waals surface area contributed by atoms with E-state index in [1.54, 1.807) is 29.8 Å². The molecule has 0 unspecified atom stereocenters. The highest BCUT2D eigenvalue weighted by Crippen LogP contribution is 2.32. The van der Waals surface area contributed by atoms with E-state index in [0.29, 0.717) is 5.56 Å². The van der Waals surface area contributed by atoms with Crippen molar-refractivity contribution in [1.29, 1.82) is 0 Å². The minimum Gasteiger partial charge on any atom is -0.329 e. The van der Waals surface area contributed by atoms with Gasteiger partial charge >= 0.3 is 12.1 Å². The lowest BCUT2D eigenvalue weighted by Crippen LogP contribution is -2.04. The summed E-state index contributed by atoms with van der Waals surface area (Å²) >= 11 is 2.72. The molecule has 2 heterocycles. The molecular weight excluding hydrogens is 325 g/mol. The van der Waals surface area contributed by atoms with Crippen LogP contribution in [-0.4, -0.2) is 20.3 Å². The molecule has 0 aliphatic rings. The lowest BCUT2D eigenvalue weighted by molar-refractivity contribution is -0.159. The maximum Gasteiger partial charge on any atom is 0.471 e. The maximum absolute atomic E-state index is 12.4. The van der Waals surface area contributed by atoms with Crippen molar-refractivity contribution in [3.8, 4) is 11.4 Å². The molecule has 0 N–H and O–H groups in total. The third-order valence-electron chi connectivity index (χ3n) is 2.31. The summed E-state index contributed by atoms with van der Waals surface area (Å²) in [6.07, 6.45) is -4.65. The average Bonchev–Trinajstić information content (AvgIpc) is 3.09. The van der Waals surface area contributed by atoms with Crippen LogP contribution in [0.4, 0.5) is 13.2 Å². The number of hydrogen-bond donors (Lipinski definition) is 0. The molecule has 21 heavy (non-hydrogen) atoms. The highest BCUT2D eigenvalue weighted by atomic mass is 32.2. The highest BCUT2D eigenvalue weighted by Gasteiger charge is 2.38. The molecule has 0 fully saturated rings. The van der Waals surface area contributed by atoms with Gasteiger partial charge in [-0.2, -0.15) is 18.2 Å². The highest BCUT2D eigenvalue weighted by molar-refractivity contribution is 8.01. The number of hydrogen-bond acceptors (Lipinski definition) is 7. The summed E-state index contributed by atoms with van der Waals surface area (Å²) in [5.74, 6) is -1.47. The van der Waals surface area contributed by atoms with Crippen molar-refractivity contribution in [2.45, 2.75) is 15.4 Å². The molecule has 5 nitrogen and oxygen atoms in total. The Morgan fingerprint density at radius 3 is 2.76 bits per heavy atom. The number of alkyl halides is 3. The first-order valence-corrected chi connectivity index (χ1v) is 7.17. The van der Waals surface area contributed by atoms with Crippen LogP contribution >= 0.6 is 23.1 Å². The molecule has 0 bridgehead atoms. The molecule has 0 aliphatic heterocycles. The second-order valence-electron chi connectivity index (χ2n) is 3.76. The van der Waals surface area contributed by atoms with Crippen LogP contribution < -0.4 is 0 Å². The molecule has 108 valence electrons. The summed E-state index contributed by atoms with van der Waals surface area (Å²) in [6.45, 7) is 0. The fraction of sp³-hybridized carbons (Fsp3) is 0.0909. The van der Waals surface area contributed by atoms with Crippen LogP contribution in [0.5, 0.6) is 0 Å². The molecule has 0 atom stereocenters. The Bertz CT molecular complexity index is 742. The largest absolute Gasteiger partial charge is 0.471 e. The van der Waals surface area contributed by atoms with Crippen LogP contribution in [0.15, 0.2) is 43.5 Å². The summed E-state index contributed by atoms with van der Waals surface area (Å²) in [7, 11) is 0. The van der Waals surface area contributed by atoms with Gasteiger partial charge in [0.2, 0.25) is 5.82 Å². The molecule has 0 saturated carbocycles. The summed E-state index contributed by atoms with van der Waals surface area (Å²) in [5, 5.41) is 10.9. The van der Waals surface area contributed by atoms with Crippen LogP contribution in [0.3, 0.4) is 0 Å². The second kappa shape index (κ2) is 5.45. The third kappa shape index (κ3) is 3.22. The minimum atomic E-state index is -4.65. The maximum atomic E-state index is 12.4. The van der Waals surface area contributed by atoms with E-state index in [1.807, 2.05) is 0 Å². The first kappa shape index (κ1) is 14.0. The molecule has 10 heteroatoms. The van der Waals surface area contributed by atoms with E-state index in [-0.39, 0.29) is 5.82 Å². The van der Waals surface area contributed by atoms with E-state index in [1.165, 1.54) is 23.1 Å². The zero-order chi connectivity index (χ0) is 14.9. The van der Waals surface area contributed by atoms with Gasteiger partial charge in [0, 0.05) is 10.5 Å². The minimum absolute atomic E-state index is 0.109. The van der Waals surface area contributed by atoms with E-state index in [2.05, 4.69) is 24.9 Å². The van der Waals surface area contributed by atoms with Gasteiger partial charge in [-0.25, -0.2) is 0 Å². The molecule has 1 aromatic carbocycles. The fourth-order valence-corrected chi connectivity index (χ4v) is 2.97. The lowest BCUT2D eigenvalue weighted by Gasteiger charge is -1.99. The SMILES string of the molecule is FC(F)(F)c1nc(-c2cccc(Sc3nncs3)c2)no1. The summed E-state index contributed by atoms with van der Waals surface area (Å²) in [5.41, 5.74) is 2.03. The van der Waals surface area contributed by atoms with Crippen molar-refractivity contribution in [1.82, 2.24) is 20.3 Å². The second-order valence-corrected chi connectivity index (χ2v) is 5.91. The summed E-state index contributed by atoms with van der Waals surface area (Å²) in [4.78, 5) is 4.15. The molecule has 3 aromatic rings. The predicted molar refractivity (Wildman–Crippen MR) is 68.8 cm³/mol. The predicted octanol–water partition coefficient (Wildman–Crippen LogP) is 3.76. The Morgan fingerprint density at radius 2 is 2.10 bits per heavy atom. The van der Waals surface area contributed by atoms with E-state index in [0.717, 1.165) is 9.24 Å². The quantitative estimate of drug-likeness (QED) is 0.728. The molecule has 0 spiro atoms. The van der Waals surface area contributed by atoms with Gasteiger partial charge in [0.25, 0.3) is 0 Å². The van der Waals surface area contributed by atoms with Crippen molar-refractivity contribution in [3.05, 3.63) is 35.7 Å². The van der Waals surface area contributed by atoms with Gasteiger partial charge in [0.15, 0.2) is 4.34 Å². The number of aromatic nitrogens is 4. The third-order valence-corrected chi connectivity index (χ3v) is 4.07. The normalized spacial score (nSPS) is 11.8. The van der Waals surface area contributed by atoms with Gasteiger partial charge in [-0.05, 0) is 12.1 Å². The van der Waals surface area contributed by atoms with Gasteiger partial charge in [0.05, 0.1) is 0 Å². The van der Waals surface area contributed by atoms with Crippen LogP contribution in [0.25, 0.3) is 11.4 Å². The summed E-state index contributed by atoms with van der Waals surface area (Å²) < 4.78 is 42.3. The van der Waals surface area contributed by atoms with Crippen LogP contribution in [0, 0.1) is 0 Å². The van der Waals surface area contributed by atoms with Crippen molar-refractivity contribution in [3.63, 3.8) is 0 Å². The monoisotopic (exact) mass is 330 g/mol. The van der Waals surface area contributed by atoms with E-state index < -0.39 is 12.1 Å². The van der Waals surface area contributed by atoms with Crippen molar-refractivity contribution < 1.29 is 17.7 Å². The van der Waals surface area contributed by atoms with Gasteiger partial charge in [-0.3, -0.25) is 0 Å². The average molecular weight is 330 g/mol. The molecular formula is C11H5F3N4OS2. The Kier molecular flexibility index (Phi) is 3.64. The van der Waals surface area contributed by atoms with Crippen LogP contribution in [0.2, 0.25) is 0 Å². The van der Waals surface area contributed by atoms with E-state index in [9.17, 15) is 13.2 Å². The Hall–Kier alpha value is -1.94. The van der Waals surface area contributed by atoms with Gasteiger partial charge in [-0.1, -0.05) is 40.4 Å². The molecule has 3 rings (SSSR count). The number of halogens is 3. The molecule has 0 saturated heterocycles. The van der Waals surface area contributed by atoms with Gasteiger partial charge in [-0.15, -0.1) is 10.2 Å². The number of benzene rings is 1. The van der Waals surface area contributed by atoms with E-state index in [4.69, 9.17) is 0 Å². The summed E-state index contributed by atoms with van der Waals surface area (Å²) in [6, 6.07) is 6.77. The van der Waals surface area contributed by atoms with E-state index >= 15 is 0 Å². The molecule has 2 aromatic heterocycles. The van der Waals surface area contributed by atoms with Crippen LogP contribution in [-0.2, 0) is 6.18 Å². The molecule has 0 radical (unpaired) electrons. The van der Waals surface area contributed by atoms with Crippen LogP contribution in [0.1, 0.15) is 5.89 Å². The molecule has 0 amide bonds. The van der Waals surface area contributed by atoms with Gasteiger partial charge in [0.1, 0.15) is 5.51 Å².